The van der Waals surface area contributed by atoms with Crippen LogP contribution in [0.3, 0.4) is 0 Å². The van der Waals surface area contributed by atoms with Crippen molar-refractivity contribution in [3.8, 4) is 0 Å². The van der Waals surface area contributed by atoms with Crippen LogP contribution in [0.2, 0.25) is 0 Å². The van der Waals surface area contributed by atoms with Crippen molar-refractivity contribution in [1.82, 2.24) is 10.2 Å². The van der Waals surface area contributed by atoms with Gasteiger partial charge in [-0.1, -0.05) is 24.3 Å². The van der Waals surface area contributed by atoms with E-state index < -0.39 is 9.84 Å². The fourth-order valence-electron chi connectivity index (χ4n) is 3.89. The highest BCUT2D eigenvalue weighted by Gasteiger charge is 2.32. The number of carbonyl (C=O) groups excluding carboxylic acids is 3. The molecule has 1 saturated heterocycles. The molecule has 1 atom stereocenters. The Hall–Kier alpha value is -2.74. The van der Waals surface area contributed by atoms with Gasteiger partial charge in [-0.3, -0.25) is 19.3 Å². The number of amides is 3. The molecule has 1 fully saturated rings. The van der Waals surface area contributed by atoms with E-state index in [-0.39, 0.29) is 48.2 Å². The van der Waals surface area contributed by atoms with E-state index in [2.05, 4.69) is 5.32 Å². The van der Waals surface area contributed by atoms with Crippen LogP contribution in [0.4, 0.5) is 0 Å². The first-order chi connectivity index (χ1) is 13.4. The summed E-state index contributed by atoms with van der Waals surface area (Å²) in [4.78, 5) is 38.8. The first-order valence-electron chi connectivity index (χ1n) is 9.23. The topological polar surface area (TPSA) is 101 Å². The zero-order valence-corrected chi connectivity index (χ0v) is 16.0. The molecule has 1 N–H and O–H groups in total. The van der Waals surface area contributed by atoms with Gasteiger partial charge in [0.15, 0.2) is 9.84 Å². The molecule has 28 heavy (non-hydrogen) atoms. The Balaban J connectivity index is 1.40. The Bertz CT molecular complexity index is 1040. The number of imide groups is 1. The number of hydrogen-bond acceptors (Lipinski definition) is 5. The van der Waals surface area contributed by atoms with Crippen molar-refractivity contribution in [3.63, 3.8) is 0 Å². The van der Waals surface area contributed by atoms with Gasteiger partial charge < -0.3 is 5.32 Å². The lowest BCUT2D eigenvalue weighted by molar-refractivity contribution is -0.121. The summed E-state index contributed by atoms with van der Waals surface area (Å²) >= 11 is 0. The maximum atomic E-state index is 12.8. The van der Waals surface area contributed by atoms with Gasteiger partial charge in [0, 0.05) is 35.5 Å². The van der Waals surface area contributed by atoms with E-state index in [0.29, 0.717) is 29.4 Å². The number of hydrogen-bond donors (Lipinski definition) is 1. The highest BCUT2D eigenvalue weighted by atomic mass is 32.2. The van der Waals surface area contributed by atoms with Crippen LogP contribution in [0.1, 0.15) is 40.0 Å². The number of rotatable bonds is 5. The Morgan fingerprint density at radius 3 is 2.29 bits per heavy atom. The Morgan fingerprint density at radius 2 is 1.71 bits per heavy atom. The molecule has 2 aliphatic heterocycles. The van der Waals surface area contributed by atoms with Crippen molar-refractivity contribution in [2.45, 2.75) is 25.3 Å². The summed E-state index contributed by atoms with van der Waals surface area (Å²) in [6, 6.07) is 10.4. The van der Waals surface area contributed by atoms with Crippen molar-refractivity contribution < 1.29 is 22.8 Å². The molecule has 2 heterocycles. The average molecular weight is 400 g/mol. The molecule has 0 aliphatic carbocycles. The first kappa shape index (κ1) is 18.6. The third-order valence-corrected chi connectivity index (χ3v) is 7.01. The van der Waals surface area contributed by atoms with Gasteiger partial charge in [0.05, 0.1) is 11.5 Å². The van der Waals surface area contributed by atoms with E-state index in [4.69, 9.17) is 0 Å². The molecule has 2 aromatic rings. The summed E-state index contributed by atoms with van der Waals surface area (Å²) in [5.74, 6) is -0.892. The molecule has 4 rings (SSSR count). The molecule has 0 unspecified atom stereocenters. The van der Waals surface area contributed by atoms with E-state index in [1.165, 1.54) is 4.90 Å². The monoisotopic (exact) mass is 400 g/mol. The lowest BCUT2D eigenvalue weighted by atomic mass is 9.94. The second-order valence-electron chi connectivity index (χ2n) is 7.24. The Kier molecular flexibility index (Phi) is 4.66. The average Bonchev–Trinajstić information content (AvgIpc) is 3.00. The van der Waals surface area contributed by atoms with E-state index in [0.717, 1.165) is 5.39 Å². The molecule has 7 nitrogen and oxygen atoms in total. The van der Waals surface area contributed by atoms with Crippen LogP contribution in [-0.2, 0) is 14.6 Å². The Morgan fingerprint density at radius 1 is 1.07 bits per heavy atom. The lowest BCUT2D eigenvalue weighted by Gasteiger charge is -2.27. The number of benzene rings is 2. The number of nitrogens with zero attached hydrogens (tertiary/aromatic N) is 1. The van der Waals surface area contributed by atoms with Crippen LogP contribution in [0.5, 0.6) is 0 Å². The third-order valence-electron chi connectivity index (χ3n) is 5.24. The molecule has 0 bridgehead atoms. The molecule has 3 amide bonds. The van der Waals surface area contributed by atoms with Crippen LogP contribution in [0.25, 0.3) is 10.8 Å². The maximum absolute atomic E-state index is 12.8. The van der Waals surface area contributed by atoms with Crippen LogP contribution in [0, 0.1) is 0 Å². The fraction of sp³-hybridized carbons (Fsp3) is 0.350. The molecule has 0 radical (unpaired) electrons. The lowest BCUT2D eigenvalue weighted by Crippen LogP contribution is -2.41. The SMILES string of the molecule is O=C(CCCN1C(=O)c2cccc3cccc(c23)C1=O)N[C@@H]1CCS(=O)(=O)C1. The molecule has 2 aliphatic rings. The predicted octanol–water partition coefficient (Wildman–Crippen LogP) is 1.52. The fourth-order valence-corrected chi connectivity index (χ4v) is 5.56. The van der Waals surface area contributed by atoms with Gasteiger partial charge in [-0.15, -0.1) is 0 Å². The van der Waals surface area contributed by atoms with Crippen LogP contribution in [0.15, 0.2) is 36.4 Å². The van der Waals surface area contributed by atoms with E-state index in [1.807, 2.05) is 12.1 Å². The van der Waals surface area contributed by atoms with Crippen molar-refractivity contribution in [1.29, 1.82) is 0 Å². The molecule has 146 valence electrons. The Labute approximate surface area is 162 Å². The van der Waals surface area contributed by atoms with E-state index in [9.17, 15) is 22.8 Å². The highest BCUT2D eigenvalue weighted by Crippen LogP contribution is 2.30. The van der Waals surface area contributed by atoms with Crippen LogP contribution >= 0.6 is 0 Å². The smallest absolute Gasteiger partial charge is 0.261 e. The number of carbonyl (C=O) groups is 3. The van der Waals surface area contributed by atoms with E-state index >= 15 is 0 Å². The second kappa shape index (κ2) is 7.01. The van der Waals surface area contributed by atoms with Crippen LogP contribution in [-0.4, -0.2) is 55.1 Å². The maximum Gasteiger partial charge on any atom is 0.261 e. The molecule has 8 heteroatoms. The quantitative estimate of drug-likeness (QED) is 0.767. The summed E-state index contributed by atoms with van der Waals surface area (Å²) in [5, 5.41) is 4.25. The van der Waals surface area contributed by atoms with Gasteiger partial charge in [-0.2, -0.15) is 0 Å². The second-order valence-corrected chi connectivity index (χ2v) is 9.47. The van der Waals surface area contributed by atoms with E-state index in [1.54, 1.807) is 24.3 Å². The summed E-state index contributed by atoms with van der Waals surface area (Å²) < 4.78 is 22.9. The van der Waals surface area contributed by atoms with Gasteiger partial charge in [-0.05, 0) is 30.4 Å². The van der Waals surface area contributed by atoms with Gasteiger partial charge in [-0.25, -0.2) is 8.42 Å². The largest absolute Gasteiger partial charge is 0.352 e. The third kappa shape index (κ3) is 3.40. The van der Waals surface area contributed by atoms with Crippen molar-refractivity contribution >= 4 is 38.3 Å². The first-order valence-corrected chi connectivity index (χ1v) is 11.1. The zero-order valence-electron chi connectivity index (χ0n) is 15.2. The van der Waals surface area contributed by atoms with Crippen molar-refractivity contribution in [2.75, 3.05) is 18.1 Å². The molecule has 0 aromatic heterocycles. The molecular weight excluding hydrogens is 380 g/mol. The standard InChI is InChI=1S/C20H20N2O5S/c23-17(21-14-9-11-28(26,27)12-14)8-3-10-22-19(24)15-6-1-4-13-5-2-7-16(18(13)15)20(22)25/h1-2,4-7,14H,3,8-12H2,(H,21,23)/t14-/m1/s1. The van der Waals surface area contributed by atoms with Crippen LogP contribution < -0.4 is 5.32 Å². The van der Waals surface area contributed by atoms with Gasteiger partial charge in [0.25, 0.3) is 11.8 Å². The number of nitrogens with one attached hydrogen (secondary N) is 1. The number of sulfone groups is 1. The highest BCUT2D eigenvalue weighted by molar-refractivity contribution is 7.91. The minimum Gasteiger partial charge on any atom is -0.352 e. The molecule has 0 saturated carbocycles. The van der Waals surface area contributed by atoms with Gasteiger partial charge >= 0.3 is 0 Å². The normalized spacial score (nSPS) is 20.6. The zero-order chi connectivity index (χ0) is 19.9. The minimum absolute atomic E-state index is 0.0252. The summed E-state index contributed by atoms with van der Waals surface area (Å²) in [6.45, 7) is 0.138. The minimum atomic E-state index is -3.05. The molecular formula is C20H20N2O5S. The van der Waals surface area contributed by atoms with Crippen molar-refractivity contribution in [3.05, 3.63) is 47.5 Å². The van der Waals surface area contributed by atoms with Gasteiger partial charge in [0.2, 0.25) is 5.91 Å². The summed E-state index contributed by atoms with van der Waals surface area (Å²) in [6.07, 6.45) is 0.873. The summed E-state index contributed by atoms with van der Waals surface area (Å²) in [7, 11) is -3.05. The molecule has 2 aromatic carbocycles. The van der Waals surface area contributed by atoms with Crippen molar-refractivity contribution in [2.24, 2.45) is 0 Å². The van der Waals surface area contributed by atoms with Gasteiger partial charge in [0.1, 0.15) is 0 Å². The molecule has 0 spiro atoms. The summed E-state index contributed by atoms with van der Waals surface area (Å²) in [5.41, 5.74) is 0.988. The predicted molar refractivity (Wildman–Crippen MR) is 104 cm³/mol.